The van der Waals surface area contributed by atoms with Gasteiger partial charge >= 0.3 is 0 Å². The Bertz CT molecular complexity index is 3740. The maximum absolute atomic E-state index is 15.6. The molecule has 22 heteroatoms. The van der Waals surface area contributed by atoms with Crippen molar-refractivity contribution in [2.45, 2.75) is 186 Å². The maximum atomic E-state index is 15.6. The lowest BCUT2D eigenvalue weighted by atomic mass is 9.72. The summed E-state index contributed by atoms with van der Waals surface area (Å²) in [6, 6.07) is 45.3. The van der Waals surface area contributed by atoms with Crippen molar-refractivity contribution in [1.29, 1.82) is 0 Å². The van der Waals surface area contributed by atoms with E-state index < -0.39 is 97.6 Å². The van der Waals surface area contributed by atoms with Crippen molar-refractivity contribution >= 4 is 42.0 Å². The number of halogens is 6. The molecule has 2 saturated heterocycles. The Hall–Kier alpha value is -5.61. The van der Waals surface area contributed by atoms with E-state index in [0.29, 0.717) is 28.1 Å². The van der Waals surface area contributed by atoms with E-state index in [4.69, 9.17) is 74.7 Å². The van der Waals surface area contributed by atoms with Crippen molar-refractivity contribution < 1.29 is 84.4 Å². The molecule has 14 nitrogen and oxygen atoms in total. The molecule has 0 bridgehead atoms. The lowest BCUT2D eigenvalue weighted by Crippen LogP contribution is -2.66. The molecule has 2 aliphatic rings. The van der Waals surface area contributed by atoms with E-state index >= 15 is 8.78 Å². The van der Waals surface area contributed by atoms with Crippen LogP contribution in [0.2, 0.25) is 28.2 Å². The predicted octanol–water partition coefficient (Wildman–Crippen LogP) is 15.8. The highest BCUT2D eigenvalue weighted by Gasteiger charge is 2.61. The number of aliphatic hydroxyl groups is 3. The van der Waals surface area contributed by atoms with Crippen LogP contribution in [0.1, 0.15) is 119 Å². The highest BCUT2D eigenvalue weighted by molar-refractivity contribution is 6.74. The predicted molar refractivity (Wildman–Crippen MR) is 376 cm³/mol. The fraction of sp³-hybridized carbons (Fsp3) is 0.455. The molecule has 0 spiro atoms. The molecule has 7 aromatic rings. The zero-order chi connectivity index (χ0) is 72.3. The fourth-order valence-electron chi connectivity index (χ4n) is 11.8. The van der Waals surface area contributed by atoms with Crippen LogP contribution >= 0.6 is 23.2 Å². The lowest BCUT2D eigenvalue weighted by Gasteiger charge is -2.54. The number of rotatable bonds is 27. The fourth-order valence-corrected chi connectivity index (χ4v) is 13.5. The van der Waals surface area contributed by atoms with Crippen molar-refractivity contribution in [2.75, 3.05) is 34.0 Å². The van der Waals surface area contributed by atoms with Crippen LogP contribution in [-0.2, 0) is 86.2 Å². The maximum Gasteiger partial charge on any atom is 0.247 e. The first-order chi connectivity index (χ1) is 46.9. The van der Waals surface area contributed by atoms with Gasteiger partial charge in [-0.25, -0.2) is 8.78 Å². The molecular weight excluding hydrogens is 1350 g/mol. The van der Waals surface area contributed by atoms with Crippen molar-refractivity contribution in [3.8, 4) is 11.5 Å². The molecule has 3 radical (unpaired) electrons. The minimum atomic E-state index is -2.24. The summed E-state index contributed by atoms with van der Waals surface area (Å²) in [5, 5.41) is 33.1. The summed E-state index contributed by atoms with van der Waals surface area (Å²) < 4.78 is 130. The second-order valence-electron chi connectivity index (χ2n) is 27.6. The van der Waals surface area contributed by atoms with Gasteiger partial charge < -0.3 is 66.8 Å². The molecule has 9 rings (SSSR count). The summed E-state index contributed by atoms with van der Waals surface area (Å²) in [6.07, 6.45) is -8.75. The van der Waals surface area contributed by atoms with Gasteiger partial charge in [0.2, 0.25) is 33.7 Å². The van der Waals surface area contributed by atoms with Gasteiger partial charge in [-0.05, 0) is 120 Å². The average Bonchev–Trinajstić information content (AvgIpc) is 0.737. The summed E-state index contributed by atoms with van der Waals surface area (Å²) in [5.74, 6) is -8.11. The van der Waals surface area contributed by atoms with E-state index in [1.807, 2.05) is 117 Å². The van der Waals surface area contributed by atoms with E-state index in [1.165, 1.54) is 37.4 Å². The van der Waals surface area contributed by atoms with E-state index in [2.05, 4.69) is 52.0 Å². The van der Waals surface area contributed by atoms with E-state index in [9.17, 15) is 24.1 Å². The van der Waals surface area contributed by atoms with Crippen molar-refractivity contribution in [2.24, 2.45) is 5.41 Å². The molecule has 0 aromatic heterocycles. The SMILES string of the molecule is CCOc1ccc(Cc2cc([C@]3(OC)O[C@H](CC(C)(O[Si])C(C)(C)C)[C@@H](OCc4ccccc4)[C@H](OCc4ccccc4)[C@H]3OCc3ccccc3)ccc2Cl)c(F)c1F.CCOc1ccc(Cc2cc([C@]3(OC)O[C@H](CO[Si](C)(C)C(C)(C)C)[C@@H](O)[C@H](O)[C@H]3O)ccc2Cl)c(F)c1F. The largest absolute Gasteiger partial charge is 0.491 e. The Kier molecular flexibility index (Phi) is 27.3. The van der Waals surface area contributed by atoms with Crippen LogP contribution in [-0.4, -0.2) is 123 Å². The van der Waals surface area contributed by atoms with Gasteiger partial charge in [0.1, 0.15) is 42.7 Å². The molecule has 99 heavy (non-hydrogen) atoms. The van der Waals surface area contributed by atoms with Gasteiger partial charge in [0, 0.05) is 54.7 Å². The Labute approximate surface area is 594 Å². The van der Waals surface area contributed by atoms with Crippen molar-refractivity contribution in [3.63, 3.8) is 0 Å². The topological polar surface area (TPSA) is 162 Å². The normalized spacial score (nSPS) is 23.4. The van der Waals surface area contributed by atoms with Crippen LogP contribution in [0, 0.1) is 28.7 Å². The Morgan fingerprint density at radius 2 is 0.949 bits per heavy atom. The smallest absolute Gasteiger partial charge is 0.247 e. The van der Waals surface area contributed by atoms with Gasteiger partial charge in [-0.3, -0.25) is 0 Å². The summed E-state index contributed by atoms with van der Waals surface area (Å²) >= 11 is 13.3. The van der Waals surface area contributed by atoms with Crippen LogP contribution in [0.4, 0.5) is 17.6 Å². The number of methoxy groups -OCH3 is 2. The van der Waals surface area contributed by atoms with Crippen molar-refractivity contribution in [1.82, 2.24) is 0 Å². The van der Waals surface area contributed by atoms with E-state index in [0.717, 1.165) is 16.7 Å². The number of aliphatic hydroxyl groups excluding tert-OH is 3. The summed E-state index contributed by atoms with van der Waals surface area (Å²) in [6.45, 7) is 23.0. The second kappa shape index (κ2) is 34.1. The minimum Gasteiger partial charge on any atom is -0.491 e. The first-order valence-corrected chi connectivity index (χ1v) is 37.2. The number of benzene rings is 7. The van der Waals surface area contributed by atoms with Gasteiger partial charge in [0.05, 0.1) is 51.3 Å². The number of hydrogen-bond acceptors (Lipinski definition) is 14. The molecule has 535 valence electrons. The molecule has 0 saturated carbocycles. The highest BCUT2D eigenvalue weighted by Crippen LogP contribution is 2.49. The number of ether oxygens (including phenoxy) is 9. The average molecular weight is 1450 g/mol. The summed E-state index contributed by atoms with van der Waals surface area (Å²) in [7, 11) is 4.05. The molecule has 3 N–H and O–H groups in total. The molecule has 0 aliphatic carbocycles. The first kappa shape index (κ1) is 79.1. The van der Waals surface area contributed by atoms with Crippen LogP contribution in [0.15, 0.2) is 152 Å². The Morgan fingerprint density at radius 1 is 0.525 bits per heavy atom. The van der Waals surface area contributed by atoms with Crippen LogP contribution in [0.5, 0.6) is 11.5 Å². The molecular formula is C77H93Cl2F4O14Si2. The van der Waals surface area contributed by atoms with Gasteiger partial charge in [0.15, 0.2) is 31.5 Å². The standard InChI is InChI=1S/C49H54ClF2O7Si.C28H39ClF2O7Si/c1-7-54-40-26-23-36(42(51)43(40)52)27-37-28-38(24-25-39(37)50)49(53-6)46(57-32-35-21-15-10-16-22-35)45(56-31-34-19-13-9-14-20-34)44(55-30-33-17-11-8-12-18-33)41(58-49)29-48(5,59-60)47(2,3)4;1-8-36-20-12-9-16(22(30)23(20)31)13-17-14-18(10-11-19(17)29)28(35-5)26(34)25(33)24(32)21(38-28)15-37-39(6,7)27(2,3)4/h8-26,28,41,44-46H,7,27,29-32H2,1-6H3;9-12,14,21,24-26,32-34H,8,13,15H2,1-7H3/t41-,44-,45+,46-,48?,49+;21-,24-,25+,26-,28+/m11/s1. The Balaban J connectivity index is 0.000000277. The Morgan fingerprint density at radius 3 is 1.36 bits per heavy atom. The minimum absolute atomic E-state index is 0.0311. The van der Waals surface area contributed by atoms with Crippen LogP contribution in [0.3, 0.4) is 0 Å². The van der Waals surface area contributed by atoms with E-state index in [-0.39, 0.29) is 96.1 Å². The molecule has 1 unspecified atom stereocenters. The van der Waals surface area contributed by atoms with Gasteiger partial charge in [-0.1, -0.05) is 180 Å². The molecule has 0 amide bonds. The third-order valence-electron chi connectivity index (χ3n) is 19.2. The zero-order valence-electron chi connectivity index (χ0n) is 58.5. The molecule has 11 atom stereocenters. The van der Waals surface area contributed by atoms with Crippen LogP contribution < -0.4 is 9.47 Å². The number of hydrogen-bond donors (Lipinski definition) is 3. The van der Waals surface area contributed by atoms with Gasteiger partial charge in [-0.2, -0.15) is 8.78 Å². The first-order valence-electron chi connectivity index (χ1n) is 33.1. The van der Waals surface area contributed by atoms with Crippen molar-refractivity contribution in [3.05, 3.63) is 235 Å². The molecule has 2 fully saturated rings. The highest BCUT2D eigenvalue weighted by atomic mass is 35.5. The van der Waals surface area contributed by atoms with Gasteiger partial charge in [0.25, 0.3) is 0 Å². The summed E-state index contributed by atoms with van der Waals surface area (Å²) in [5.41, 5.74) is 3.53. The second-order valence-corrected chi connectivity index (χ2v) is 33.4. The van der Waals surface area contributed by atoms with Gasteiger partial charge in [-0.15, -0.1) is 0 Å². The molecule has 2 heterocycles. The van der Waals surface area contributed by atoms with E-state index in [1.54, 1.807) is 45.2 Å². The zero-order valence-corrected chi connectivity index (χ0v) is 62.0. The third-order valence-corrected chi connectivity index (χ3v) is 24.9. The summed E-state index contributed by atoms with van der Waals surface area (Å²) in [4.78, 5) is 0. The molecule has 7 aromatic carbocycles. The quantitative estimate of drug-likeness (QED) is 0.0329. The lowest BCUT2D eigenvalue weighted by molar-refractivity contribution is -0.386. The molecule has 2 aliphatic heterocycles. The van der Waals surface area contributed by atoms with Crippen LogP contribution in [0.25, 0.3) is 0 Å². The monoisotopic (exact) mass is 1440 g/mol. The third kappa shape index (κ3) is 18.2.